The predicted molar refractivity (Wildman–Crippen MR) is 50.3 cm³/mol. The number of rotatable bonds is 2. The SMILES string of the molecule is CN1C=C[NH+](C[NH+]2C=CN(C)C2)C1.[Cl-].[Cl-]. The van der Waals surface area contributed by atoms with Crippen LogP contribution in [-0.2, 0) is 0 Å². The predicted octanol–water partition coefficient (Wildman–Crippen LogP) is -8.53. The highest BCUT2D eigenvalue weighted by Gasteiger charge is 2.21. The van der Waals surface area contributed by atoms with Crippen LogP contribution < -0.4 is 34.6 Å². The number of nitrogens with one attached hydrogen (secondary N) is 2. The van der Waals surface area contributed by atoms with E-state index >= 15 is 0 Å². The summed E-state index contributed by atoms with van der Waals surface area (Å²) >= 11 is 0. The Balaban J connectivity index is 0.000000980. The van der Waals surface area contributed by atoms with E-state index in [1.807, 2.05) is 0 Å². The summed E-state index contributed by atoms with van der Waals surface area (Å²) < 4.78 is 0. The zero-order chi connectivity index (χ0) is 9.26. The number of halogens is 2. The first-order valence-electron chi connectivity index (χ1n) is 4.70. The second-order valence-corrected chi connectivity index (χ2v) is 3.95. The third-order valence-corrected chi connectivity index (χ3v) is 2.49. The van der Waals surface area contributed by atoms with Gasteiger partial charge in [-0.2, -0.15) is 0 Å². The van der Waals surface area contributed by atoms with E-state index in [2.05, 4.69) is 48.7 Å². The van der Waals surface area contributed by atoms with Crippen molar-refractivity contribution in [1.29, 1.82) is 0 Å². The standard InChI is InChI=1S/C9H16N4.2ClH/c1-10-3-5-12(7-10)9-13-6-4-11(2)8-13;;/h3-6H,7-9H2,1-2H3;2*1H. The van der Waals surface area contributed by atoms with E-state index in [1.54, 1.807) is 0 Å². The third kappa shape index (κ3) is 3.91. The lowest BCUT2D eigenvalue weighted by Gasteiger charge is -2.17. The van der Waals surface area contributed by atoms with E-state index in [4.69, 9.17) is 0 Å². The van der Waals surface area contributed by atoms with Gasteiger partial charge in [-0.05, 0) is 0 Å². The molecule has 0 radical (unpaired) electrons. The highest BCUT2D eigenvalue weighted by Crippen LogP contribution is 1.83. The Hall–Kier alpha value is -0.420. The van der Waals surface area contributed by atoms with Gasteiger partial charge in [0.2, 0.25) is 6.67 Å². The molecule has 0 aliphatic carbocycles. The molecule has 0 aromatic carbocycles. The first-order chi connectivity index (χ1) is 6.24. The average molecular weight is 253 g/mol. The first-order valence-corrected chi connectivity index (χ1v) is 4.70. The minimum absolute atomic E-state index is 0. The summed E-state index contributed by atoms with van der Waals surface area (Å²) in [5.41, 5.74) is 0. The summed E-state index contributed by atoms with van der Waals surface area (Å²) in [4.78, 5) is 7.49. The molecule has 2 unspecified atom stereocenters. The molecule has 2 atom stereocenters. The van der Waals surface area contributed by atoms with Gasteiger partial charge in [0, 0.05) is 14.1 Å². The zero-order valence-electron chi connectivity index (χ0n) is 9.08. The maximum absolute atomic E-state index is 2.24. The molecule has 0 aromatic heterocycles. The van der Waals surface area contributed by atoms with Gasteiger partial charge in [0.05, 0.1) is 12.4 Å². The zero-order valence-corrected chi connectivity index (χ0v) is 10.6. The second-order valence-electron chi connectivity index (χ2n) is 3.95. The summed E-state index contributed by atoms with van der Waals surface area (Å²) in [5, 5.41) is 0. The lowest BCUT2D eigenvalue weighted by atomic mass is 10.7. The van der Waals surface area contributed by atoms with Gasteiger partial charge in [0.25, 0.3) is 0 Å². The van der Waals surface area contributed by atoms with Crippen molar-refractivity contribution in [1.82, 2.24) is 9.80 Å². The van der Waals surface area contributed by atoms with Gasteiger partial charge < -0.3 is 34.6 Å². The maximum Gasteiger partial charge on any atom is 0.215 e. The molecule has 2 rings (SSSR count). The Morgan fingerprint density at radius 2 is 1.33 bits per heavy atom. The van der Waals surface area contributed by atoms with E-state index < -0.39 is 0 Å². The van der Waals surface area contributed by atoms with Crippen molar-refractivity contribution in [2.24, 2.45) is 0 Å². The van der Waals surface area contributed by atoms with Crippen molar-refractivity contribution in [3.05, 3.63) is 24.8 Å². The Morgan fingerprint density at radius 1 is 0.933 bits per heavy atom. The normalized spacial score (nSPS) is 27.9. The molecule has 2 N–H and O–H groups in total. The number of hydrogen-bond donors (Lipinski definition) is 2. The van der Waals surface area contributed by atoms with Crippen molar-refractivity contribution < 1.29 is 34.6 Å². The van der Waals surface area contributed by atoms with Crippen LogP contribution in [0.1, 0.15) is 0 Å². The van der Waals surface area contributed by atoms with Gasteiger partial charge in [-0.15, -0.1) is 0 Å². The van der Waals surface area contributed by atoms with Crippen molar-refractivity contribution in [2.75, 3.05) is 34.1 Å². The third-order valence-electron chi connectivity index (χ3n) is 2.49. The Bertz CT molecular complexity index is 220. The summed E-state index contributed by atoms with van der Waals surface area (Å²) in [7, 11) is 4.23. The van der Waals surface area contributed by atoms with Crippen molar-refractivity contribution >= 4 is 0 Å². The van der Waals surface area contributed by atoms with Crippen LogP contribution >= 0.6 is 0 Å². The van der Waals surface area contributed by atoms with E-state index in [9.17, 15) is 0 Å². The minimum atomic E-state index is 0. The van der Waals surface area contributed by atoms with Crippen LogP contribution in [-0.4, -0.2) is 43.9 Å². The molecule has 6 heteroatoms. The fourth-order valence-corrected chi connectivity index (χ4v) is 1.84. The molecular weight excluding hydrogens is 235 g/mol. The largest absolute Gasteiger partial charge is 1.00 e. The molecule has 2 aliphatic rings. The first kappa shape index (κ1) is 14.6. The molecule has 0 bridgehead atoms. The molecule has 0 saturated heterocycles. The van der Waals surface area contributed by atoms with Crippen molar-refractivity contribution in [2.45, 2.75) is 0 Å². The van der Waals surface area contributed by atoms with Gasteiger partial charge >= 0.3 is 0 Å². The average Bonchev–Trinajstić information content (AvgIpc) is 2.62. The van der Waals surface area contributed by atoms with Crippen molar-refractivity contribution in [3.63, 3.8) is 0 Å². The van der Waals surface area contributed by atoms with Gasteiger partial charge in [-0.1, -0.05) is 0 Å². The minimum Gasteiger partial charge on any atom is -1.00 e. The van der Waals surface area contributed by atoms with Crippen LogP contribution in [0.2, 0.25) is 0 Å². The Morgan fingerprint density at radius 3 is 1.60 bits per heavy atom. The topological polar surface area (TPSA) is 15.4 Å². The maximum atomic E-state index is 2.24. The van der Waals surface area contributed by atoms with Gasteiger partial charge in [0.15, 0.2) is 13.3 Å². The quantitative estimate of drug-likeness (QED) is 0.508. The van der Waals surface area contributed by atoms with Crippen LogP contribution in [0.25, 0.3) is 0 Å². The fraction of sp³-hybridized carbons (Fsp3) is 0.556. The number of hydrogen-bond acceptors (Lipinski definition) is 2. The van der Waals surface area contributed by atoms with Gasteiger partial charge in [0.1, 0.15) is 12.4 Å². The number of quaternary nitrogens is 2. The Labute approximate surface area is 104 Å². The molecule has 2 aliphatic heterocycles. The van der Waals surface area contributed by atoms with Crippen LogP contribution in [0, 0.1) is 0 Å². The fourth-order valence-electron chi connectivity index (χ4n) is 1.84. The van der Waals surface area contributed by atoms with E-state index in [0.29, 0.717) is 0 Å². The Kier molecular flexibility index (Phi) is 6.05. The summed E-state index contributed by atoms with van der Waals surface area (Å²) in [6.45, 7) is 3.34. The number of nitrogens with zero attached hydrogens (tertiary/aromatic N) is 2. The van der Waals surface area contributed by atoms with Crippen LogP contribution in [0.15, 0.2) is 24.8 Å². The smallest absolute Gasteiger partial charge is 0.215 e. The molecular formula is C9H18Cl2N4. The van der Waals surface area contributed by atoms with E-state index in [1.165, 1.54) is 9.80 Å². The molecule has 88 valence electrons. The monoisotopic (exact) mass is 252 g/mol. The van der Waals surface area contributed by atoms with Crippen LogP contribution in [0.5, 0.6) is 0 Å². The van der Waals surface area contributed by atoms with Crippen LogP contribution in [0.4, 0.5) is 0 Å². The lowest BCUT2D eigenvalue weighted by Crippen LogP contribution is -3.27. The highest BCUT2D eigenvalue weighted by atomic mass is 35.5. The molecule has 0 fully saturated rings. The summed E-state index contributed by atoms with van der Waals surface area (Å²) in [6, 6.07) is 0. The highest BCUT2D eigenvalue weighted by molar-refractivity contribution is 4.76. The van der Waals surface area contributed by atoms with Crippen LogP contribution in [0.3, 0.4) is 0 Å². The lowest BCUT2D eigenvalue weighted by molar-refractivity contribution is -1.04. The van der Waals surface area contributed by atoms with Gasteiger partial charge in [-0.3, -0.25) is 0 Å². The molecule has 0 saturated carbocycles. The van der Waals surface area contributed by atoms with Gasteiger partial charge in [-0.25, -0.2) is 9.80 Å². The molecule has 0 amide bonds. The van der Waals surface area contributed by atoms with E-state index in [-0.39, 0.29) is 24.8 Å². The van der Waals surface area contributed by atoms with E-state index in [0.717, 1.165) is 20.0 Å². The van der Waals surface area contributed by atoms with Crippen molar-refractivity contribution in [3.8, 4) is 0 Å². The molecule has 15 heavy (non-hydrogen) atoms. The molecule has 4 nitrogen and oxygen atoms in total. The molecule has 0 spiro atoms. The summed E-state index contributed by atoms with van der Waals surface area (Å²) in [6.07, 6.45) is 8.77. The second kappa shape index (κ2) is 6.23. The summed E-state index contributed by atoms with van der Waals surface area (Å²) in [5.74, 6) is 0. The molecule has 0 aromatic rings. The molecule has 2 heterocycles.